The van der Waals surface area contributed by atoms with Crippen LogP contribution >= 0.6 is 23.4 Å². The van der Waals surface area contributed by atoms with Crippen molar-refractivity contribution in [3.63, 3.8) is 0 Å². The number of amidine groups is 1. The Bertz CT molecular complexity index is 753. The van der Waals surface area contributed by atoms with Gasteiger partial charge in [-0.05, 0) is 12.1 Å². The summed E-state index contributed by atoms with van der Waals surface area (Å²) >= 11 is 6.66. The molecule has 2 atom stereocenters. The van der Waals surface area contributed by atoms with Crippen LogP contribution in [0.3, 0.4) is 0 Å². The van der Waals surface area contributed by atoms with Crippen LogP contribution in [-0.4, -0.2) is 48.2 Å². The summed E-state index contributed by atoms with van der Waals surface area (Å²) in [5.41, 5.74) is 0.223. The number of aliphatic imine (C=N–C) groups is 1. The van der Waals surface area contributed by atoms with Gasteiger partial charge in [0.05, 0.1) is 23.2 Å². The number of carbonyl (C=O) groups is 1. The van der Waals surface area contributed by atoms with Crippen LogP contribution in [0.15, 0.2) is 29.3 Å². The molecule has 0 bridgehead atoms. The molecule has 1 amide bonds. The lowest BCUT2D eigenvalue weighted by Crippen LogP contribution is -2.38. The Labute approximate surface area is 136 Å². The zero-order chi connectivity index (χ0) is 15.9. The first-order chi connectivity index (χ1) is 10.4. The predicted molar refractivity (Wildman–Crippen MR) is 85.9 cm³/mol. The minimum atomic E-state index is -3.17. The number of thioether (sulfide) groups is 1. The number of halogens is 2. The zero-order valence-corrected chi connectivity index (χ0v) is 13.7. The van der Waals surface area contributed by atoms with E-state index in [2.05, 4.69) is 4.99 Å². The number of hydrogen-bond donors (Lipinski definition) is 0. The number of anilines is 1. The fourth-order valence-electron chi connectivity index (χ4n) is 2.63. The van der Waals surface area contributed by atoms with Gasteiger partial charge in [0.15, 0.2) is 15.0 Å². The van der Waals surface area contributed by atoms with E-state index in [1.807, 2.05) is 0 Å². The third kappa shape index (κ3) is 2.87. The average Bonchev–Trinajstić information content (AvgIpc) is 2.91. The van der Waals surface area contributed by atoms with Gasteiger partial charge in [0, 0.05) is 5.25 Å². The number of carbonyl (C=O) groups excluding carboxylic acids is 1. The summed E-state index contributed by atoms with van der Waals surface area (Å²) in [6.45, 7) is 0. The monoisotopic (exact) mass is 362 g/mol. The molecule has 0 saturated carbocycles. The minimum Gasteiger partial charge on any atom is -0.313 e. The van der Waals surface area contributed by atoms with Gasteiger partial charge >= 0.3 is 0 Å². The van der Waals surface area contributed by atoms with Gasteiger partial charge in [-0.3, -0.25) is 4.79 Å². The summed E-state index contributed by atoms with van der Waals surface area (Å²) < 4.78 is 37.8. The molecular weight excluding hydrogens is 351 g/mol. The molecule has 3 rings (SSSR count). The molecule has 2 aliphatic heterocycles. The van der Waals surface area contributed by atoms with Crippen molar-refractivity contribution in [2.45, 2.75) is 11.3 Å². The van der Waals surface area contributed by atoms with Crippen LogP contribution in [0.5, 0.6) is 0 Å². The zero-order valence-electron chi connectivity index (χ0n) is 11.3. The van der Waals surface area contributed by atoms with Gasteiger partial charge in [0.1, 0.15) is 11.7 Å². The van der Waals surface area contributed by atoms with E-state index >= 15 is 0 Å². The second-order valence-electron chi connectivity index (χ2n) is 5.04. The molecule has 9 heteroatoms. The molecule has 0 radical (unpaired) electrons. The molecule has 5 nitrogen and oxygen atoms in total. The third-order valence-corrected chi connectivity index (χ3v) is 6.95. The quantitative estimate of drug-likeness (QED) is 0.749. The molecule has 0 spiro atoms. The maximum atomic E-state index is 14.1. The molecule has 0 N–H and O–H groups in total. The van der Waals surface area contributed by atoms with Crippen LogP contribution < -0.4 is 4.90 Å². The molecular formula is C13H12ClFN2O3S2. The Kier molecular flexibility index (Phi) is 4.17. The van der Waals surface area contributed by atoms with Gasteiger partial charge < -0.3 is 4.90 Å². The highest BCUT2D eigenvalue weighted by molar-refractivity contribution is 8.16. The largest absolute Gasteiger partial charge is 0.313 e. The standard InChI is InChI=1S/C13H12ClFN2O3S2/c14-5-12(18)16-13-17(9-4-2-1-3-8(9)15)10-6-22(19,20)7-11(10)21-13/h1-4,10-11H,5-7H2/t10-,11-/m0/s1. The van der Waals surface area contributed by atoms with Gasteiger partial charge in [-0.1, -0.05) is 23.9 Å². The van der Waals surface area contributed by atoms with Crippen LogP contribution in [0.1, 0.15) is 0 Å². The average molecular weight is 363 g/mol. The van der Waals surface area contributed by atoms with Crippen molar-refractivity contribution in [2.75, 3.05) is 22.3 Å². The Balaban J connectivity index is 2.05. The Morgan fingerprint density at radius 1 is 1.41 bits per heavy atom. The van der Waals surface area contributed by atoms with E-state index in [1.54, 1.807) is 18.2 Å². The van der Waals surface area contributed by atoms with Crippen molar-refractivity contribution in [3.8, 4) is 0 Å². The van der Waals surface area contributed by atoms with E-state index in [4.69, 9.17) is 11.6 Å². The van der Waals surface area contributed by atoms with Gasteiger partial charge in [-0.15, -0.1) is 11.6 Å². The Morgan fingerprint density at radius 3 is 2.82 bits per heavy atom. The molecule has 118 valence electrons. The van der Waals surface area contributed by atoms with E-state index in [1.165, 1.54) is 22.7 Å². The fraction of sp³-hybridized carbons (Fsp3) is 0.385. The normalized spacial score (nSPS) is 28.1. The molecule has 2 fully saturated rings. The smallest absolute Gasteiger partial charge is 0.262 e. The van der Waals surface area contributed by atoms with Crippen molar-refractivity contribution in [1.82, 2.24) is 0 Å². The summed E-state index contributed by atoms with van der Waals surface area (Å²) in [5.74, 6) is -1.37. The summed E-state index contributed by atoms with van der Waals surface area (Å²) in [5, 5.41) is 0.0483. The van der Waals surface area contributed by atoms with Crippen LogP contribution in [0.25, 0.3) is 0 Å². The van der Waals surface area contributed by atoms with E-state index in [-0.39, 0.29) is 28.3 Å². The van der Waals surface area contributed by atoms with Crippen LogP contribution in [0.2, 0.25) is 0 Å². The Morgan fingerprint density at radius 2 is 2.14 bits per heavy atom. The van der Waals surface area contributed by atoms with Gasteiger partial charge in [-0.2, -0.15) is 4.99 Å². The predicted octanol–water partition coefficient (Wildman–Crippen LogP) is 1.67. The lowest BCUT2D eigenvalue weighted by Gasteiger charge is -2.24. The number of benzene rings is 1. The minimum absolute atomic E-state index is 0.00136. The highest BCUT2D eigenvalue weighted by Gasteiger charge is 2.49. The van der Waals surface area contributed by atoms with Crippen LogP contribution in [0.4, 0.5) is 10.1 Å². The molecule has 0 aromatic heterocycles. The maximum absolute atomic E-state index is 14.1. The third-order valence-electron chi connectivity index (χ3n) is 3.51. The first kappa shape index (κ1) is 15.8. The SMILES string of the molecule is O=C(CCl)N=C1S[C@H]2CS(=O)(=O)C[C@@H]2N1c1ccccc1F. The number of para-hydroxylation sites is 1. The molecule has 2 heterocycles. The molecule has 1 aromatic rings. The number of amides is 1. The van der Waals surface area contributed by atoms with Gasteiger partial charge in [0.25, 0.3) is 5.91 Å². The van der Waals surface area contributed by atoms with Crippen LogP contribution in [0, 0.1) is 5.82 Å². The van der Waals surface area contributed by atoms with Crippen molar-refractivity contribution < 1.29 is 17.6 Å². The number of nitrogens with zero attached hydrogens (tertiary/aromatic N) is 2. The molecule has 0 unspecified atom stereocenters. The molecule has 1 aromatic carbocycles. The van der Waals surface area contributed by atoms with E-state index < -0.39 is 27.6 Å². The van der Waals surface area contributed by atoms with E-state index in [9.17, 15) is 17.6 Å². The van der Waals surface area contributed by atoms with Crippen molar-refractivity contribution in [3.05, 3.63) is 30.1 Å². The first-order valence-corrected chi connectivity index (χ1v) is 9.73. The van der Waals surface area contributed by atoms with Crippen molar-refractivity contribution >= 4 is 50.0 Å². The van der Waals surface area contributed by atoms with Crippen LogP contribution in [-0.2, 0) is 14.6 Å². The lowest BCUT2D eigenvalue weighted by atomic mass is 10.2. The number of sulfone groups is 1. The van der Waals surface area contributed by atoms with Crippen molar-refractivity contribution in [2.24, 2.45) is 4.99 Å². The summed E-state index contributed by atoms with van der Waals surface area (Å²) in [7, 11) is -3.17. The molecule has 22 heavy (non-hydrogen) atoms. The number of hydrogen-bond acceptors (Lipinski definition) is 4. The van der Waals surface area contributed by atoms with Gasteiger partial charge in [0.2, 0.25) is 0 Å². The first-order valence-electron chi connectivity index (χ1n) is 6.49. The molecule has 2 aliphatic rings. The highest BCUT2D eigenvalue weighted by Crippen LogP contribution is 2.41. The second kappa shape index (κ2) is 5.82. The summed E-state index contributed by atoms with van der Waals surface area (Å²) in [6.07, 6.45) is 0. The van der Waals surface area contributed by atoms with Crippen molar-refractivity contribution in [1.29, 1.82) is 0 Å². The Hall–Kier alpha value is -1.12. The second-order valence-corrected chi connectivity index (χ2v) is 8.67. The summed E-state index contributed by atoms with van der Waals surface area (Å²) in [6, 6.07) is 5.61. The topological polar surface area (TPSA) is 66.8 Å². The summed E-state index contributed by atoms with van der Waals surface area (Å²) in [4.78, 5) is 16.9. The fourth-order valence-corrected chi connectivity index (χ4v) is 6.61. The molecule has 2 saturated heterocycles. The van der Waals surface area contributed by atoms with E-state index in [0.717, 1.165) is 0 Å². The number of alkyl halides is 1. The highest BCUT2D eigenvalue weighted by atomic mass is 35.5. The lowest BCUT2D eigenvalue weighted by molar-refractivity contribution is -0.115. The van der Waals surface area contributed by atoms with Gasteiger partial charge in [-0.25, -0.2) is 12.8 Å². The number of rotatable bonds is 2. The van der Waals surface area contributed by atoms with E-state index in [0.29, 0.717) is 5.17 Å². The maximum Gasteiger partial charge on any atom is 0.262 e. The molecule has 0 aliphatic carbocycles. The number of fused-ring (bicyclic) bond motifs is 1.